The van der Waals surface area contributed by atoms with Gasteiger partial charge in [-0.3, -0.25) is 14.6 Å². The summed E-state index contributed by atoms with van der Waals surface area (Å²) in [6.45, 7) is 5.18. The van der Waals surface area contributed by atoms with Crippen LogP contribution in [0.25, 0.3) is 6.08 Å². The van der Waals surface area contributed by atoms with Crippen LogP contribution in [-0.4, -0.2) is 55.0 Å². The molecular weight excluding hydrogens is 394 g/mol. The molecule has 0 saturated carbocycles. The maximum absolute atomic E-state index is 12.7. The van der Waals surface area contributed by atoms with Crippen LogP contribution in [0.1, 0.15) is 16.7 Å². The molecule has 4 nitrogen and oxygen atoms in total. The van der Waals surface area contributed by atoms with Crippen molar-refractivity contribution in [3.63, 3.8) is 0 Å². The Hall–Kier alpha value is -3.21. The first-order valence-corrected chi connectivity index (χ1v) is 11.3. The van der Waals surface area contributed by atoms with Gasteiger partial charge in [0.25, 0.3) is 0 Å². The van der Waals surface area contributed by atoms with Crippen molar-refractivity contribution in [2.24, 2.45) is 0 Å². The van der Waals surface area contributed by atoms with Crippen molar-refractivity contribution in [2.75, 3.05) is 44.6 Å². The van der Waals surface area contributed by atoms with Crippen molar-refractivity contribution in [1.29, 1.82) is 0 Å². The zero-order valence-electron chi connectivity index (χ0n) is 18.5. The zero-order valence-corrected chi connectivity index (χ0v) is 18.5. The molecular formula is C28H31N3O. The van der Waals surface area contributed by atoms with Crippen LogP contribution >= 0.6 is 0 Å². The van der Waals surface area contributed by atoms with Crippen LogP contribution in [-0.2, 0) is 11.2 Å². The molecule has 1 amide bonds. The quantitative estimate of drug-likeness (QED) is 0.575. The number of benzene rings is 3. The summed E-state index contributed by atoms with van der Waals surface area (Å²) in [5.41, 5.74) is 4.52. The van der Waals surface area contributed by atoms with E-state index in [9.17, 15) is 4.79 Å². The van der Waals surface area contributed by atoms with Crippen LogP contribution in [0.5, 0.6) is 0 Å². The normalized spacial score (nSPS) is 15.1. The van der Waals surface area contributed by atoms with Crippen molar-refractivity contribution in [2.45, 2.75) is 6.42 Å². The Labute approximate surface area is 191 Å². The van der Waals surface area contributed by atoms with Crippen molar-refractivity contribution < 1.29 is 4.79 Å². The van der Waals surface area contributed by atoms with E-state index >= 15 is 0 Å². The van der Waals surface area contributed by atoms with Crippen LogP contribution < -0.4 is 5.32 Å². The molecule has 0 aromatic heterocycles. The summed E-state index contributed by atoms with van der Waals surface area (Å²) in [5, 5.41) is 3.14. The van der Waals surface area contributed by atoms with Gasteiger partial charge in [-0.1, -0.05) is 91.0 Å². The summed E-state index contributed by atoms with van der Waals surface area (Å²) in [6, 6.07) is 28.8. The first-order chi connectivity index (χ1) is 15.8. The van der Waals surface area contributed by atoms with E-state index in [2.05, 4.69) is 69.7 Å². The summed E-state index contributed by atoms with van der Waals surface area (Å²) in [5.74, 6) is 0.0583. The van der Waals surface area contributed by atoms with Gasteiger partial charge in [-0.2, -0.15) is 0 Å². The van der Waals surface area contributed by atoms with E-state index in [1.165, 1.54) is 11.1 Å². The number of para-hydroxylation sites is 1. The molecule has 3 aromatic carbocycles. The smallest absolute Gasteiger partial charge is 0.238 e. The molecule has 0 aliphatic carbocycles. The molecule has 1 aliphatic heterocycles. The fourth-order valence-corrected chi connectivity index (χ4v) is 4.04. The highest BCUT2D eigenvalue weighted by atomic mass is 16.2. The fraction of sp³-hybridized carbons (Fsp3) is 0.250. The Balaban J connectivity index is 1.23. The number of anilines is 1. The largest absolute Gasteiger partial charge is 0.325 e. The molecule has 0 bridgehead atoms. The van der Waals surface area contributed by atoms with Crippen LogP contribution in [0.3, 0.4) is 0 Å². The number of carbonyl (C=O) groups is 1. The van der Waals surface area contributed by atoms with Gasteiger partial charge in [0.1, 0.15) is 0 Å². The number of piperazine rings is 1. The minimum Gasteiger partial charge on any atom is -0.325 e. The molecule has 0 radical (unpaired) electrons. The summed E-state index contributed by atoms with van der Waals surface area (Å²) in [6.07, 6.45) is 5.21. The second-order valence-corrected chi connectivity index (χ2v) is 8.26. The highest BCUT2D eigenvalue weighted by molar-refractivity contribution is 5.93. The maximum atomic E-state index is 12.7. The standard InChI is InChI=1S/C28H31N3O/c32-28(29-27-16-8-7-15-26(27)22-25-12-5-2-6-13-25)23-31-20-18-30(19-21-31)17-9-14-24-10-3-1-4-11-24/h1-16H,17-23H2,(H,29,32). The third-order valence-corrected chi connectivity index (χ3v) is 5.83. The third-order valence-electron chi connectivity index (χ3n) is 5.83. The second kappa shape index (κ2) is 11.4. The first kappa shape index (κ1) is 22.0. The number of hydrogen-bond acceptors (Lipinski definition) is 3. The summed E-state index contributed by atoms with van der Waals surface area (Å²) >= 11 is 0. The van der Waals surface area contributed by atoms with E-state index in [1.807, 2.05) is 42.5 Å². The Morgan fingerprint density at radius 3 is 2.16 bits per heavy atom. The molecule has 0 spiro atoms. The van der Waals surface area contributed by atoms with Crippen LogP contribution in [0.4, 0.5) is 5.69 Å². The van der Waals surface area contributed by atoms with Crippen molar-refractivity contribution in [1.82, 2.24) is 9.80 Å². The zero-order chi connectivity index (χ0) is 22.0. The van der Waals surface area contributed by atoms with Crippen LogP contribution in [0, 0.1) is 0 Å². The number of carbonyl (C=O) groups excluding carboxylic acids is 1. The van der Waals surface area contributed by atoms with E-state index in [1.54, 1.807) is 0 Å². The maximum Gasteiger partial charge on any atom is 0.238 e. The number of nitrogens with one attached hydrogen (secondary N) is 1. The summed E-state index contributed by atoms with van der Waals surface area (Å²) in [7, 11) is 0. The highest BCUT2D eigenvalue weighted by Crippen LogP contribution is 2.19. The molecule has 164 valence electrons. The Morgan fingerprint density at radius 1 is 0.781 bits per heavy atom. The predicted molar refractivity (Wildman–Crippen MR) is 133 cm³/mol. The van der Waals surface area contributed by atoms with Gasteiger partial charge in [0, 0.05) is 38.4 Å². The number of nitrogens with zero attached hydrogens (tertiary/aromatic N) is 2. The van der Waals surface area contributed by atoms with E-state index in [0.717, 1.165) is 50.4 Å². The molecule has 3 aromatic rings. The van der Waals surface area contributed by atoms with Crippen molar-refractivity contribution in [3.05, 3.63) is 108 Å². The van der Waals surface area contributed by atoms with E-state index in [4.69, 9.17) is 0 Å². The minimum absolute atomic E-state index is 0.0583. The monoisotopic (exact) mass is 425 g/mol. The molecule has 1 aliphatic rings. The average Bonchev–Trinajstić information content (AvgIpc) is 2.83. The minimum atomic E-state index is 0.0583. The van der Waals surface area contributed by atoms with Gasteiger partial charge in [-0.15, -0.1) is 0 Å². The molecule has 1 fully saturated rings. The molecule has 4 heteroatoms. The predicted octanol–water partition coefficient (Wildman–Crippen LogP) is 4.55. The molecule has 32 heavy (non-hydrogen) atoms. The Morgan fingerprint density at radius 2 is 1.41 bits per heavy atom. The highest BCUT2D eigenvalue weighted by Gasteiger charge is 2.18. The number of amides is 1. The van der Waals surface area contributed by atoms with E-state index in [0.29, 0.717) is 6.54 Å². The molecule has 0 atom stereocenters. The van der Waals surface area contributed by atoms with Crippen molar-refractivity contribution in [3.8, 4) is 0 Å². The number of rotatable bonds is 8. The van der Waals surface area contributed by atoms with Gasteiger partial charge in [0.05, 0.1) is 6.54 Å². The fourth-order valence-electron chi connectivity index (χ4n) is 4.04. The Kier molecular flexibility index (Phi) is 7.85. The average molecular weight is 426 g/mol. The van der Waals surface area contributed by atoms with Gasteiger partial charge in [0.15, 0.2) is 0 Å². The lowest BCUT2D eigenvalue weighted by atomic mass is 10.0. The lowest BCUT2D eigenvalue weighted by Gasteiger charge is -2.33. The lowest BCUT2D eigenvalue weighted by molar-refractivity contribution is -0.117. The SMILES string of the molecule is O=C(CN1CCN(CC=Cc2ccccc2)CC1)Nc1ccccc1Cc1ccccc1. The van der Waals surface area contributed by atoms with E-state index < -0.39 is 0 Å². The van der Waals surface area contributed by atoms with Gasteiger partial charge in [0.2, 0.25) is 5.91 Å². The third kappa shape index (κ3) is 6.64. The van der Waals surface area contributed by atoms with Crippen molar-refractivity contribution >= 4 is 17.7 Å². The summed E-state index contributed by atoms with van der Waals surface area (Å²) < 4.78 is 0. The second-order valence-electron chi connectivity index (χ2n) is 8.26. The first-order valence-electron chi connectivity index (χ1n) is 11.3. The molecule has 4 rings (SSSR count). The van der Waals surface area contributed by atoms with Crippen LogP contribution in [0.15, 0.2) is 91.0 Å². The molecule has 1 saturated heterocycles. The van der Waals surface area contributed by atoms with Crippen LogP contribution in [0.2, 0.25) is 0 Å². The topological polar surface area (TPSA) is 35.6 Å². The number of hydrogen-bond donors (Lipinski definition) is 1. The van der Waals surface area contributed by atoms with Gasteiger partial charge in [-0.05, 0) is 29.2 Å². The Bertz CT molecular complexity index is 1010. The van der Waals surface area contributed by atoms with Gasteiger partial charge < -0.3 is 5.32 Å². The van der Waals surface area contributed by atoms with E-state index in [-0.39, 0.29) is 5.91 Å². The molecule has 0 unspecified atom stereocenters. The molecule has 1 heterocycles. The van der Waals surface area contributed by atoms with Gasteiger partial charge >= 0.3 is 0 Å². The lowest BCUT2D eigenvalue weighted by Crippen LogP contribution is -2.48. The van der Waals surface area contributed by atoms with Gasteiger partial charge in [-0.25, -0.2) is 0 Å². The summed E-state index contributed by atoms with van der Waals surface area (Å²) in [4.78, 5) is 17.4. The molecule has 1 N–H and O–H groups in total.